The second-order valence-electron chi connectivity index (χ2n) is 4.64. The highest BCUT2D eigenvalue weighted by Crippen LogP contribution is 2.25. The van der Waals surface area contributed by atoms with Gasteiger partial charge in [-0.05, 0) is 36.4 Å². The van der Waals surface area contributed by atoms with Crippen LogP contribution in [0.2, 0.25) is 0 Å². The van der Waals surface area contributed by atoms with Crippen molar-refractivity contribution in [3.05, 3.63) is 60.3 Å². The molecule has 0 aliphatic carbocycles. The first-order chi connectivity index (χ1) is 11.2. The van der Waals surface area contributed by atoms with Crippen LogP contribution < -0.4 is 19.5 Å². The van der Waals surface area contributed by atoms with Gasteiger partial charge in [0.05, 0.1) is 26.9 Å². The third-order valence-electron chi connectivity index (χ3n) is 3.25. The number of carbonyl (C=O) groups is 1. The van der Waals surface area contributed by atoms with Gasteiger partial charge < -0.3 is 19.5 Å². The molecule has 0 atom stereocenters. The van der Waals surface area contributed by atoms with E-state index < -0.39 is 0 Å². The SMILES string of the molecule is COc1ccc(N/C=C\C(=O)c2ccc(OC)cc2OC)cc1. The van der Waals surface area contributed by atoms with E-state index >= 15 is 0 Å². The highest BCUT2D eigenvalue weighted by atomic mass is 16.5. The van der Waals surface area contributed by atoms with Gasteiger partial charge in [0.2, 0.25) is 0 Å². The fraction of sp³-hybridized carbons (Fsp3) is 0.167. The van der Waals surface area contributed by atoms with E-state index in [9.17, 15) is 4.79 Å². The van der Waals surface area contributed by atoms with Crippen molar-refractivity contribution >= 4 is 11.5 Å². The van der Waals surface area contributed by atoms with Gasteiger partial charge in [0, 0.05) is 24.0 Å². The minimum atomic E-state index is -0.162. The van der Waals surface area contributed by atoms with E-state index in [2.05, 4.69) is 5.32 Å². The number of rotatable bonds is 7. The number of benzene rings is 2. The van der Waals surface area contributed by atoms with E-state index in [0.29, 0.717) is 17.1 Å². The average molecular weight is 313 g/mol. The van der Waals surface area contributed by atoms with Crippen molar-refractivity contribution in [2.24, 2.45) is 0 Å². The molecule has 2 rings (SSSR count). The van der Waals surface area contributed by atoms with Gasteiger partial charge in [-0.2, -0.15) is 0 Å². The predicted octanol–water partition coefficient (Wildman–Crippen LogP) is 3.52. The first kappa shape index (κ1) is 16.4. The molecule has 0 aromatic heterocycles. The highest BCUT2D eigenvalue weighted by molar-refractivity contribution is 6.06. The zero-order valence-electron chi connectivity index (χ0n) is 13.3. The topological polar surface area (TPSA) is 56.8 Å². The van der Waals surface area contributed by atoms with Gasteiger partial charge >= 0.3 is 0 Å². The summed E-state index contributed by atoms with van der Waals surface area (Å²) in [6.45, 7) is 0. The van der Waals surface area contributed by atoms with Crippen molar-refractivity contribution in [1.29, 1.82) is 0 Å². The van der Waals surface area contributed by atoms with Crippen LogP contribution >= 0.6 is 0 Å². The van der Waals surface area contributed by atoms with Crippen molar-refractivity contribution in [2.75, 3.05) is 26.6 Å². The molecule has 0 heterocycles. The molecule has 0 fully saturated rings. The summed E-state index contributed by atoms with van der Waals surface area (Å²) < 4.78 is 15.4. The Morgan fingerprint density at radius 1 is 0.913 bits per heavy atom. The first-order valence-electron chi connectivity index (χ1n) is 7.01. The molecule has 5 nitrogen and oxygen atoms in total. The van der Waals surface area contributed by atoms with Crippen LogP contribution in [0.3, 0.4) is 0 Å². The number of allylic oxidation sites excluding steroid dienone is 1. The summed E-state index contributed by atoms with van der Waals surface area (Å²) in [5.41, 5.74) is 1.33. The van der Waals surface area contributed by atoms with E-state index in [1.54, 1.807) is 38.6 Å². The zero-order chi connectivity index (χ0) is 16.7. The Hall–Kier alpha value is -2.95. The molecule has 0 spiro atoms. The molecule has 0 aliphatic heterocycles. The molecular formula is C18H19NO4. The number of hydrogen-bond acceptors (Lipinski definition) is 5. The third-order valence-corrected chi connectivity index (χ3v) is 3.25. The molecular weight excluding hydrogens is 294 g/mol. The number of ketones is 1. The van der Waals surface area contributed by atoms with E-state index in [1.807, 2.05) is 24.3 Å². The molecule has 0 unspecified atom stereocenters. The van der Waals surface area contributed by atoms with Gasteiger partial charge in [0.25, 0.3) is 0 Å². The maximum atomic E-state index is 12.2. The number of hydrogen-bond donors (Lipinski definition) is 1. The number of anilines is 1. The molecule has 5 heteroatoms. The summed E-state index contributed by atoms with van der Waals surface area (Å²) in [5.74, 6) is 1.73. The summed E-state index contributed by atoms with van der Waals surface area (Å²) in [6.07, 6.45) is 3.04. The van der Waals surface area contributed by atoms with Crippen LogP contribution in [0.1, 0.15) is 10.4 Å². The Kier molecular flexibility index (Phi) is 5.63. The predicted molar refractivity (Wildman–Crippen MR) is 89.6 cm³/mol. The second kappa shape index (κ2) is 7.89. The second-order valence-corrected chi connectivity index (χ2v) is 4.64. The Bertz CT molecular complexity index is 693. The monoisotopic (exact) mass is 313 g/mol. The van der Waals surface area contributed by atoms with Gasteiger partial charge in [-0.1, -0.05) is 0 Å². The first-order valence-corrected chi connectivity index (χ1v) is 7.01. The van der Waals surface area contributed by atoms with E-state index in [4.69, 9.17) is 14.2 Å². The Morgan fingerprint density at radius 2 is 1.57 bits per heavy atom. The summed E-state index contributed by atoms with van der Waals surface area (Å²) >= 11 is 0. The molecule has 23 heavy (non-hydrogen) atoms. The molecule has 2 aromatic rings. The van der Waals surface area contributed by atoms with Crippen LogP contribution in [-0.2, 0) is 0 Å². The molecule has 0 amide bonds. The van der Waals surface area contributed by atoms with Crippen LogP contribution in [0.25, 0.3) is 0 Å². The van der Waals surface area contributed by atoms with Crippen LogP contribution in [0.5, 0.6) is 17.2 Å². The van der Waals surface area contributed by atoms with Gasteiger partial charge in [0.1, 0.15) is 17.2 Å². The zero-order valence-corrected chi connectivity index (χ0v) is 13.3. The van der Waals surface area contributed by atoms with E-state index in [-0.39, 0.29) is 5.78 Å². The summed E-state index contributed by atoms with van der Waals surface area (Å²) in [7, 11) is 4.70. The fourth-order valence-electron chi connectivity index (χ4n) is 1.99. The highest BCUT2D eigenvalue weighted by Gasteiger charge is 2.10. The van der Waals surface area contributed by atoms with E-state index in [0.717, 1.165) is 11.4 Å². The number of ether oxygens (including phenoxy) is 3. The molecule has 0 radical (unpaired) electrons. The fourth-order valence-corrected chi connectivity index (χ4v) is 1.99. The lowest BCUT2D eigenvalue weighted by atomic mass is 10.1. The number of methoxy groups -OCH3 is 3. The van der Waals surface area contributed by atoms with Crippen LogP contribution in [0.4, 0.5) is 5.69 Å². The molecule has 0 bridgehead atoms. The minimum Gasteiger partial charge on any atom is -0.497 e. The van der Waals surface area contributed by atoms with Gasteiger partial charge in [-0.15, -0.1) is 0 Å². The lowest BCUT2D eigenvalue weighted by Crippen LogP contribution is -2.00. The van der Waals surface area contributed by atoms with Crippen molar-refractivity contribution < 1.29 is 19.0 Å². The quantitative estimate of drug-likeness (QED) is 0.626. The Labute approximate surface area is 135 Å². The van der Waals surface area contributed by atoms with Crippen molar-refractivity contribution in [3.8, 4) is 17.2 Å². The van der Waals surface area contributed by atoms with Gasteiger partial charge in [0.15, 0.2) is 5.78 Å². The van der Waals surface area contributed by atoms with Crippen LogP contribution in [-0.4, -0.2) is 27.1 Å². The normalized spacial score (nSPS) is 10.4. The smallest absolute Gasteiger partial charge is 0.191 e. The van der Waals surface area contributed by atoms with Crippen molar-refractivity contribution in [3.63, 3.8) is 0 Å². The lowest BCUT2D eigenvalue weighted by molar-refractivity contribution is 0.104. The lowest BCUT2D eigenvalue weighted by Gasteiger charge is -2.08. The molecule has 120 valence electrons. The third kappa shape index (κ3) is 4.26. The van der Waals surface area contributed by atoms with E-state index in [1.165, 1.54) is 13.2 Å². The summed E-state index contributed by atoms with van der Waals surface area (Å²) in [6, 6.07) is 12.5. The van der Waals surface area contributed by atoms with Crippen molar-refractivity contribution in [2.45, 2.75) is 0 Å². The summed E-state index contributed by atoms with van der Waals surface area (Å²) in [5, 5.41) is 3.03. The maximum Gasteiger partial charge on any atom is 0.191 e. The maximum absolute atomic E-state index is 12.2. The molecule has 1 N–H and O–H groups in total. The standard InChI is InChI=1S/C18H19NO4/c1-21-14-6-4-13(5-7-14)19-11-10-17(20)16-9-8-15(22-2)12-18(16)23-3/h4-12,19H,1-3H3/b11-10-. The van der Waals surface area contributed by atoms with Crippen LogP contribution in [0, 0.1) is 0 Å². The molecule has 0 saturated carbocycles. The minimum absolute atomic E-state index is 0.162. The molecule has 2 aromatic carbocycles. The van der Waals surface area contributed by atoms with Crippen molar-refractivity contribution in [1.82, 2.24) is 0 Å². The summed E-state index contributed by atoms with van der Waals surface area (Å²) in [4.78, 5) is 12.2. The molecule has 0 aliphatic rings. The largest absolute Gasteiger partial charge is 0.497 e. The number of nitrogens with one attached hydrogen (secondary N) is 1. The Balaban J connectivity index is 2.05. The Morgan fingerprint density at radius 3 is 2.17 bits per heavy atom. The number of carbonyl (C=O) groups excluding carboxylic acids is 1. The van der Waals surface area contributed by atoms with Gasteiger partial charge in [-0.25, -0.2) is 0 Å². The van der Waals surface area contributed by atoms with Crippen LogP contribution in [0.15, 0.2) is 54.7 Å². The van der Waals surface area contributed by atoms with Gasteiger partial charge in [-0.3, -0.25) is 4.79 Å². The average Bonchev–Trinajstić information content (AvgIpc) is 2.61. The molecule has 0 saturated heterocycles.